The number of carbonyl (C=O) groups excluding carboxylic acids is 1. The van der Waals surface area contributed by atoms with Gasteiger partial charge in [0.25, 0.3) is 0 Å². The number of H-pyrrole nitrogens is 1. The van der Waals surface area contributed by atoms with Crippen LogP contribution >= 0.6 is 0 Å². The van der Waals surface area contributed by atoms with E-state index in [0.29, 0.717) is 32.6 Å². The van der Waals surface area contributed by atoms with E-state index in [1.807, 2.05) is 38.4 Å². The molecular weight excluding hydrogens is 434 g/mol. The zero-order chi connectivity index (χ0) is 24.3. The number of anilines is 1. The molecule has 1 fully saturated rings. The van der Waals surface area contributed by atoms with E-state index in [0.717, 1.165) is 16.8 Å². The molecule has 2 heterocycles. The number of benzene rings is 3. The van der Waals surface area contributed by atoms with Gasteiger partial charge in [0.15, 0.2) is 0 Å². The maximum atomic E-state index is 13.9. The molecule has 35 heavy (non-hydrogen) atoms. The van der Waals surface area contributed by atoms with Crippen LogP contribution in [0, 0.1) is 0 Å². The molecule has 0 aliphatic carbocycles. The van der Waals surface area contributed by atoms with Crippen LogP contribution in [0.5, 0.6) is 0 Å². The Bertz CT molecular complexity index is 1270. The smallest absolute Gasteiger partial charge is 0.230 e. The van der Waals surface area contributed by atoms with E-state index in [9.17, 15) is 4.79 Å². The van der Waals surface area contributed by atoms with Crippen LogP contribution < -0.4 is 10.2 Å². The maximum absolute atomic E-state index is 13.9. The SMILES string of the molecule is CN(C)c1ccc(C(CNC(=O)C2(c3ccccc3)CCOCC2)c2c[nH]c3ccccc23)cc1. The summed E-state index contributed by atoms with van der Waals surface area (Å²) in [7, 11) is 4.09. The standard InChI is InChI=1S/C30H33N3O2/c1-33(2)24-14-12-22(13-15-24)26(27-21-31-28-11-7-6-10-25(27)28)20-32-29(34)30(16-18-35-19-17-30)23-8-4-3-5-9-23/h3-15,21,26,31H,16-20H2,1-2H3,(H,32,34). The first-order valence-electron chi connectivity index (χ1n) is 12.3. The fourth-order valence-corrected chi connectivity index (χ4v) is 5.28. The molecule has 1 aliphatic heterocycles. The van der Waals surface area contributed by atoms with Crippen LogP contribution in [0.3, 0.4) is 0 Å². The van der Waals surface area contributed by atoms with Crippen molar-refractivity contribution in [1.82, 2.24) is 10.3 Å². The first kappa shape index (κ1) is 23.2. The zero-order valence-corrected chi connectivity index (χ0v) is 20.5. The van der Waals surface area contributed by atoms with Crippen LogP contribution in [0.2, 0.25) is 0 Å². The van der Waals surface area contributed by atoms with Crippen molar-refractivity contribution in [3.63, 3.8) is 0 Å². The molecule has 1 saturated heterocycles. The van der Waals surface area contributed by atoms with E-state index in [2.05, 4.69) is 76.0 Å². The molecule has 1 atom stereocenters. The number of nitrogens with zero attached hydrogens (tertiary/aromatic N) is 1. The Kier molecular flexibility index (Phi) is 6.60. The molecule has 1 unspecified atom stereocenters. The molecule has 0 bridgehead atoms. The second-order valence-electron chi connectivity index (χ2n) is 9.60. The molecule has 1 aliphatic rings. The number of aromatic amines is 1. The normalized spacial score (nSPS) is 16.1. The fraction of sp³-hybridized carbons (Fsp3) is 0.300. The highest BCUT2D eigenvalue weighted by molar-refractivity contribution is 5.89. The number of fused-ring (bicyclic) bond motifs is 1. The second-order valence-corrected chi connectivity index (χ2v) is 9.60. The van der Waals surface area contributed by atoms with Crippen LogP contribution in [0.15, 0.2) is 85.1 Å². The van der Waals surface area contributed by atoms with Gasteiger partial charge >= 0.3 is 0 Å². The number of hydrogen-bond acceptors (Lipinski definition) is 3. The third-order valence-electron chi connectivity index (χ3n) is 7.38. The lowest BCUT2D eigenvalue weighted by atomic mass is 9.73. The summed E-state index contributed by atoms with van der Waals surface area (Å²) in [5, 5.41) is 4.55. The summed E-state index contributed by atoms with van der Waals surface area (Å²) >= 11 is 0. The van der Waals surface area contributed by atoms with Crippen LogP contribution in [0.25, 0.3) is 10.9 Å². The van der Waals surface area contributed by atoms with Gasteiger partial charge in [-0.25, -0.2) is 0 Å². The van der Waals surface area contributed by atoms with Gasteiger partial charge in [0.05, 0.1) is 5.41 Å². The summed E-state index contributed by atoms with van der Waals surface area (Å²) in [6.45, 7) is 1.72. The Morgan fingerprint density at radius 3 is 2.37 bits per heavy atom. The average molecular weight is 468 g/mol. The number of rotatable bonds is 7. The van der Waals surface area contributed by atoms with Gasteiger partial charge in [-0.1, -0.05) is 60.7 Å². The molecule has 3 aromatic carbocycles. The van der Waals surface area contributed by atoms with Crippen molar-refractivity contribution in [3.05, 3.63) is 102 Å². The van der Waals surface area contributed by atoms with Gasteiger partial charge in [-0.05, 0) is 47.7 Å². The largest absolute Gasteiger partial charge is 0.381 e. The van der Waals surface area contributed by atoms with Crippen molar-refractivity contribution in [3.8, 4) is 0 Å². The predicted molar refractivity (Wildman–Crippen MR) is 142 cm³/mol. The van der Waals surface area contributed by atoms with E-state index in [1.54, 1.807) is 0 Å². The molecular formula is C30H33N3O2. The number of hydrogen-bond donors (Lipinski definition) is 2. The summed E-state index contributed by atoms with van der Waals surface area (Å²) in [6, 6.07) is 27.2. The van der Waals surface area contributed by atoms with Crippen molar-refractivity contribution in [1.29, 1.82) is 0 Å². The summed E-state index contributed by atoms with van der Waals surface area (Å²) in [6.07, 6.45) is 3.47. The number of carbonyl (C=O) groups is 1. The number of aromatic nitrogens is 1. The third kappa shape index (κ3) is 4.56. The van der Waals surface area contributed by atoms with Crippen molar-refractivity contribution >= 4 is 22.5 Å². The maximum Gasteiger partial charge on any atom is 0.230 e. The Labute approximate surface area is 207 Å². The van der Waals surface area contributed by atoms with E-state index in [-0.39, 0.29) is 11.8 Å². The number of amides is 1. The lowest BCUT2D eigenvalue weighted by Crippen LogP contribution is -2.49. The monoisotopic (exact) mass is 467 g/mol. The van der Waals surface area contributed by atoms with Gasteiger partial charge in [0.1, 0.15) is 0 Å². The zero-order valence-electron chi connectivity index (χ0n) is 20.5. The molecule has 2 N–H and O–H groups in total. The molecule has 5 rings (SSSR count). The fourth-order valence-electron chi connectivity index (χ4n) is 5.28. The highest BCUT2D eigenvalue weighted by Gasteiger charge is 2.41. The molecule has 5 heteroatoms. The van der Waals surface area contributed by atoms with E-state index in [4.69, 9.17) is 4.74 Å². The molecule has 1 amide bonds. The van der Waals surface area contributed by atoms with Gasteiger partial charge < -0.3 is 19.9 Å². The Hall–Kier alpha value is -3.57. The molecule has 1 aromatic heterocycles. The van der Waals surface area contributed by atoms with Crippen molar-refractivity contribution in [2.24, 2.45) is 0 Å². The van der Waals surface area contributed by atoms with Gasteiger partial charge in [-0.2, -0.15) is 0 Å². The minimum absolute atomic E-state index is 0.0268. The summed E-state index contributed by atoms with van der Waals surface area (Å²) in [5.41, 5.74) is 5.15. The summed E-state index contributed by atoms with van der Waals surface area (Å²) < 4.78 is 5.64. The van der Waals surface area contributed by atoms with E-state index < -0.39 is 5.41 Å². The molecule has 5 nitrogen and oxygen atoms in total. The Balaban J connectivity index is 1.47. The van der Waals surface area contributed by atoms with Crippen LogP contribution in [0.4, 0.5) is 5.69 Å². The number of nitrogens with one attached hydrogen (secondary N) is 2. The highest BCUT2D eigenvalue weighted by atomic mass is 16.5. The van der Waals surface area contributed by atoms with Gasteiger partial charge in [0.2, 0.25) is 5.91 Å². The Morgan fingerprint density at radius 2 is 1.66 bits per heavy atom. The first-order chi connectivity index (χ1) is 17.1. The van der Waals surface area contributed by atoms with Crippen molar-refractivity contribution < 1.29 is 9.53 Å². The minimum atomic E-state index is -0.556. The molecule has 180 valence electrons. The van der Waals surface area contributed by atoms with Gasteiger partial charge in [-0.3, -0.25) is 4.79 Å². The minimum Gasteiger partial charge on any atom is -0.381 e. The number of para-hydroxylation sites is 1. The topological polar surface area (TPSA) is 57.4 Å². The van der Waals surface area contributed by atoms with E-state index >= 15 is 0 Å². The van der Waals surface area contributed by atoms with Crippen molar-refractivity contribution in [2.75, 3.05) is 38.8 Å². The van der Waals surface area contributed by atoms with Crippen LogP contribution in [-0.2, 0) is 14.9 Å². The van der Waals surface area contributed by atoms with Crippen LogP contribution in [0.1, 0.15) is 35.4 Å². The summed E-state index contributed by atoms with van der Waals surface area (Å²) in [5.74, 6) is 0.112. The predicted octanol–water partition coefficient (Wildman–Crippen LogP) is 5.23. The Morgan fingerprint density at radius 1 is 0.971 bits per heavy atom. The second kappa shape index (κ2) is 9.96. The highest BCUT2D eigenvalue weighted by Crippen LogP contribution is 2.36. The lowest BCUT2D eigenvalue weighted by molar-refractivity contribution is -0.130. The average Bonchev–Trinajstić information content (AvgIpc) is 3.34. The van der Waals surface area contributed by atoms with E-state index in [1.165, 1.54) is 16.5 Å². The van der Waals surface area contributed by atoms with Crippen molar-refractivity contribution in [2.45, 2.75) is 24.2 Å². The third-order valence-corrected chi connectivity index (χ3v) is 7.38. The number of ether oxygens (including phenoxy) is 1. The lowest BCUT2D eigenvalue weighted by Gasteiger charge is -2.36. The molecule has 0 radical (unpaired) electrons. The van der Waals surface area contributed by atoms with Gasteiger partial charge in [-0.15, -0.1) is 0 Å². The van der Waals surface area contributed by atoms with Gasteiger partial charge in [0, 0.05) is 62.6 Å². The molecule has 0 spiro atoms. The summed E-state index contributed by atoms with van der Waals surface area (Å²) in [4.78, 5) is 19.4. The molecule has 0 saturated carbocycles. The quantitative estimate of drug-likeness (QED) is 0.391. The first-order valence-corrected chi connectivity index (χ1v) is 12.3. The molecule has 4 aromatic rings. The van der Waals surface area contributed by atoms with Crippen LogP contribution in [-0.4, -0.2) is 44.7 Å².